The normalized spacial score (nSPS) is 19.2. The van der Waals surface area contributed by atoms with Crippen LogP contribution in [0.15, 0.2) is 67.0 Å². The number of nitrogens with zero attached hydrogens (tertiary/aromatic N) is 4. The van der Waals surface area contributed by atoms with Crippen LogP contribution in [0.2, 0.25) is 0 Å². The standard InChI is InChI=1S/C24H22N4O5/c29-22(17-2-3-18-19(14-17)33-13-12-32-18)20-21(16-4-6-25-7-5-16)28(24(31)23(20)30)10-1-9-27-11-8-26-15-27/h2-8,11,14-15,21,29H,1,9-10,12-13H2/b22-20-. The molecule has 0 bridgehead atoms. The van der Waals surface area contributed by atoms with E-state index in [-0.39, 0.29) is 11.3 Å². The van der Waals surface area contributed by atoms with Crippen LogP contribution in [-0.4, -0.2) is 56.0 Å². The second-order valence-electron chi connectivity index (χ2n) is 7.79. The SMILES string of the molecule is O=C1C(=O)N(CCCn2ccnc2)C(c2ccncc2)/C1=C(/O)c1ccc2c(c1)OCCO2. The molecule has 1 aromatic carbocycles. The minimum atomic E-state index is -0.719. The fourth-order valence-corrected chi connectivity index (χ4v) is 4.19. The van der Waals surface area contributed by atoms with Crippen LogP contribution in [0, 0.1) is 0 Å². The summed E-state index contributed by atoms with van der Waals surface area (Å²) in [5.74, 6) is -0.540. The van der Waals surface area contributed by atoms with Crippen LogP contribution in [0.3, 0.4) is 0 Å². The number of fused-ring (bicyclic) bond motifs is 1. The molecule has 4 heterocycles. The first-order valence-electron chi connectivity index (χ1n) is 10.7. The number of aliphatic hydroxyl groups excluding tert-OH is 1. The average molecular weight is 446 g/mol. The molecule has 2 aromatic heterocycles. The van der Waals surface area contributed by atoms with Crippen LogP contribution in [-0.2, 0) is 16.1 Å². The average Bonchev–Trinajstić information content (AvgIpc) is 3.46. The van der Waals surface area contributed by atoms with Gasteiger partial charge in [0.05, 0.1) is 17.9 Å². The Kier molecular flexibility index (Phi) is 5.52. The van der Waals surface area contributed by atoms with E-state index in [1.807, 2.05) is 10.8 Å². The highest BCUT2D eigenvalue weighted by atomic mass is 16.6. The Bertz CT molecular complexity index is 1210. The summed E-state index contributed by atoms with van der Waals surface area (Å²) in [6.07, 6.45) is 9.06. The number of rotatable bonds is 6. The topological polar surface area (TPSA) is 107 Å². The van der Waals surface area contributed by atoms with E-state index in [2.05, 4.69) is 9.97 Å². The third-order valence-corrected chi connectivity index (χ3v) is 5.75. The van der Waals surface area contributed by atoms with Gasteiger partial charge >= 0.3 is 0 Å². The van der Waals surface area contributed by atoms with Crippen molar-refractivity contribution >= 4 is 17.4 Å². The van der Waals surface area contributed by atoms with Gasteiger partial charge in [0.1, 0.15) is 19.0 Å². The number of aromatic nitrogens is 3. The number of hydrogen-bond acceptors (Lipinski definition) is 7. The van der Waals surface area contributed by atoms with E-state index in [1.54, 1.807) is 55.2 Å². The van der Waals surface area contributed by atoms with E-state index in [4.69, 9.17) is 9.47 Å². The zero-order chi connectivity index (χ0) is 22.8. The number of Topliss-reactive ketones (excluding diaryl/α,β-unsaturated/α-hetero) is 1. The Hall–Kier alpha value is -4.14. The molecule has 9 nitrogen and oxygen atoms in total. The molecule has 0 spiro atoms. The fraction of sp³-hybridized carbons (Fsp3) is 0.250. The molecule has 1 fully saturated rings. The van der Waals surface area contributed by atoms with Crippen molar-refractivity contribution in [2.75, 3.05) is 19.8 Å². The predicted molar refractivity (Wildman–Crippen MR) is 118 cm³/mol. The summed E-state index contributed by atoms with van der Waals surface area (Å²) in [5, 5.41) is 11.2. The summed E-state index contributed by atoms with van der Waals surface area (Å²) in [5.41, 5.74) is 1.13. The van der Waals surface area contributed by atoms with Crippen molar-refractivity contribution in [3.05, 3.63) is 78.1 Å². The van der Waals surface area contributed by atoms with Crippen molar-refractivity contribution in [1.82, 2.24) is 19.4 Å². The predicted octanol–water partition coefficient (Wildman–Crippen LogP) is 2.56. The zero-order valence-corrected chi connectivity index (χ0v) is 17.8. The minimum absolute atomic E-state index is 0.0468. The monoisotopic (exact) mass is 446 g/mol. The van der Waals surface area contributed by atoms with Crippen molar-refractivity contribution < 1.29 is 24.2 Å². The lowest BCUT2D eigenvalue weighted by atomic mass is 9.95. The Morgan fingerprint density at radius 1 is 1.00 bits per heavy atom. The molecule has 1 amide bonds. The van der Waals surface area contributed by atoms with Crippen LogP contribution in [0.4, 0.5) is 0 Å². The van der Waals surface area contributed by atoms with E-state index in [0.29, 0.717) is 55.4 Å². The van der Waals surface area contributed by atoms with Gasteiger partial charge in [0.2, 0.25) is 0 Å². The van der Waals surface area contributed by atoms with Crippen LogP contribution < -0.4 is 9.47 Å². The van der Waals surface area contributed by atoms with Crippen LogP contribution in [0.25, 0.3) is 5.76 Å². The van der Waals surface area contributed by atoms with Gasteiger partial charge in [0, 0.05) is 43.4 Å². The van der Waals surface area contributed by atoms with Gasteiger partial charge in [0.25, 0.3) is 11.7 Å². The molecule has 0 saturated carbocycles. The van der Waals surface area contributed by atoms with Gasteiger partial charge in [-0.2, -0.15) is 0 Å². The fourth-order valence-electron chi connectivity index (χ4n) is 4.19. The Morgan fingerprint density at radius 2 is 1.79 bits per heavy atom. The first kappa shape index (κ1) is 20.7. The summed E-state index contributed by atoms with van der Waals surface area (Å²) in [4.78, 5) is 35.7. The second kappa shape index (κ2) is 8.78. The molecule has 2 aliphatic rings. The number of carbonyl (C=O) groups is 2. The molecule has 5 rings (SSSR count). The summed E-state index contributed by atoms with van der Waals surface area (Å²) >= 11 is 0. The number of carbonyl (C=O) groups excluding carboxylic acids is 2. The molecule has 33 heavy (non-hydrogen) atoms. The molecule has 0 radical (unpaired) electrons. The third kappa shape index (κ3) is 3.93. The lowest BCUT2D eigenvalue weighted by molar-refractivity contribution is -0.139. The Morgan fingerprint density at radius 3 is 2.55 bits per heavy atom. The van der Waals surface area contributed by atoms with Gasteiger partial charge in [-0.25, -0.2) is 4.98 Å². The Labute approximate surface area is 189 Å². The van der Waals surface area contributed by atoms with Gasteiger partial charge in [0.15, 0.2) is 11.5 Å². The number of pyridine rings is 1. The van der Waals surface area contributed by atoms with Crippen molar-refractivity contribution in [2.24, 2.45) is 0 Å². The first-order chi connectivity index (χ1) is 16.1. The number of hydrogen-bond donors (Lipinski definition) is 1. The maximum Gasteiger partial charge on any atom is 0.295 e. The molecule has 1 atom stereocenters. The molecule has 1 unspecified atom stereocenters. The number of ether oxygens (including phenoxy) is 2. The smallest absolute Gasteiger partial charge is 0.295 e. The number of imidazole rings is 1. The number of ketones is 1. The Balaban J connectivity index is 1.52. The summed E-state index contributed by atoms with van der Waals surface area (Å²) in [6.45, 7) is 1.84. The minimum Gasteiger partial charge on any atom is -0.507 e. The van der Waals surface area contributed by atoms with Crippen molar-refractivity contribution in [3.8, 4) is 11.5 Å². The maximum atomic E-state index is 13.1. The number of likely N-dealkylation sites (tertiary alicyclic amines) is 1. The largest absolute Gasteiger partial charge is 0.507 e. The molecule has 9 heteroatoms. The van der Waals surface area contributed by atoms with Crippen LogP contribution in [0.5, 0.6) is 11.5 Å². The molecule has 168 valence electrons. The number of benzene rings is 1. The van der Waals surface area contributed by atoms with Crippen molar-refractivity contribution in [1.29, 1.82) is 0 Å². The first-order valence-corrected chi connectivity index (χ1v) is 10.7. The van der Waals surface area contributed by atoms with Crippen LogP contribution >= 0.6 is 0 Å². The third-order valence-electron chi connectivity index (χ3n) is 5.75. The molecular weight excluding hydrogens is 424 g/mol. The van der Waals surface area contributed by atoms with E-state index >= 15 is 0 Å². The zero-order valence-electron chi connectivity index (χ0n) is 17.8. The maximum absolute atomic E-state index is 13.1. The number of aliphatic hydroxyl groups is 1. The highest BCUT2D eigenvalue weighted by molar-refractivity contribution is 6.46. The highest BCUT2D eigenvalue weighted by Crippen LogP contribution is 2.41. The molecule has 2 aliphatic heterocycles. The molecule has 1 saturated heterocycles. The lowest BCUT2D eigenvalue weighted by Crippen LogP contribution is -2.31. The van der Waals surface area contributed by atoms with Gasteiger partial charge in [-0.05, 0) is 42.3 Å². The van der Waals surface area contributed by atoms with Gasteiger partial charge in [-0.3, -0.25) is 14.6 Å². The van der Waals surface area contributed by atoms with Gasteiger partial charge < -0.3 is 24.0 Å². The van der Waals surface area contributed by atoms with E-state index in [1.165, 1.54) is 4.90 Å². The molecule has 1 N–H and O–H groups in total. The van der Waals surface area contributed by atoms with E-state index < -0.39 is 17.7 Å². The van der Waals surface area contributed by atoms with Crippen molar-refractivity contribution in [3.63, 3.8) is 0 Å². The van der Waals surface area contributed by atoms with Gasteiger partial charge in [-0.15, -0.1) is 0 Å². The van der Waals surface area contributed by atoms with Crippen molar-refractivity contribution in [2.45, 2.75) is 19.0 Å². The number of amides is 1. The highest BCUT2D eigenvalue weighted by Gasteiger charge is 2.45. The summed E-state index contributed by atoms with van der Waals surface area (Å²) in [6, 6.07) is 7.74. The van der Waals surface area contributed by atoms with E-state index in [9.17, 15) is 14.7 Å². The quantitative estimate of drug-likeness (QED) is 0.352. The molecule has 0 aliphatic carbocycles. The lowest BCUT2D eigenvalue weighted by Gasteiger charge is -2.25. The molecular formula is C24H22N4O5. The number of aryl methyl sites for hydroxylation is 1. The molecule has 3 aromatic rings. The summed E-state index contributed by atoms with van der Waals surface area (Å²) in [7, 11) is 0. The van der Waals surface area contributed by atoms with E-state index in [0.717, 1.165) is 0 Å². The van der Waals surface area contributed by atoms with Gasteiger partial charge in [-0.1, -0.05) is 0 Å². The van der Waals surface area contributed by atoms with Crippen LogP contribution in [0.1, 0.15) is 23.6 Å². The second-order valence-corrected chi connectivity index (χ2v) is 7.79. The summed E-state index contributed by atoms with van der Waals surface area (Å²) < 4.78 is 13.1.